The molecule has 4 heterocycles. The van der Waals surface area contributed by atoms with E-state index in [1.807, 2.05) is 4.90 Å². The van der Waals surface area contributed by atoms with Crippen LogP contribution in [0, 0.1) is 0 Å². The average Bonchev–Trinajstić information content (AvgIpc) is 3.68. The number of fused-ring (bicyclic) bond motifs is 4. The number of carbonyl (C=O) groups excluding carboxylic acids is 3. The van der Waals surface area contributed by atoms with Crippen molar-refractivity contribution in [2.45, 2.75) is 89.4 Å². The Balaban J connectivity index is 1.06. The summed E-state index contributed by atoms with van der Waals surface area (Å²) in [5.41, 5.74) is -0.625. The minimum absolute atomic E-state index is 0.0326. The zero-order chi connectivity index (χ0) is 31.1. The quantitative estimate of drug-likeness (QED) is 0.318. The highest BCUT2D eigenvalue weighted by molar-refractivity contribution is 6.22. The second-order valence-corrected chi connectivity index (χ2v) is 13.0. The first-order valence-corrected chi connectivity index (χ1v) is 16.0. The lowest BCUT2D eigenvalue weighted by Gasteiger charge is -2.30. The minimum Gasteiger partial charge on any atom is -0.331 e. The Kier molecular flexibility index (Phi) is 6.30. The molecule has 8 rings (SSSR count). The molecule has 0 N–H and O–H groups in total. The van der Waals surface area contributed by atoms with Crippen LogP contribution in [0.25, 0.3) is 21.5 Å². The number of hydrogen-bond acceptors (Lipinski definition) is 7. The first-order valence-electron chi connectivity index (χ1n) is 16.0. The van der Waals surface area contributed by atoms with Crippen molar-refractivity contribution in [3.8, 4) is 0 Å². The lowest BCUT2D eigenvalue weighted by Crippen LogP contribution is -2.37. The molecule has 11 heteroatoms. The normalized spacial score (nSPS) is 19.4. The fourth-order valence-electron chi connectivity index (χ4n) is 8.13. The summed E-state index contributed by atoms with van der Waals surface area (Å²) in [5.74, 6) is -1.22. The first kappa shape index (κ1) is 27.8. The van der Waals surface area contributed by atoms with Crippen LogP contribution in [0.15, 0.2) is 43.4 Å². The SMILES string of the molecule is O=C1c2cc3c(cc2C(=O)N1CCn1c(=O)c2cc4c(=O)n(C5CCCCC5)c(=O)c4cc2c1=O)C(=O)N(C1CCCCC1)C3. The number of imide groups is 1. The van der Waals surface area contributed by atoms with Gasteiger partial charge in [0.25, 0.3) is 40.0 Å². The van der Waals surface area contributed by atoms with E-state index in [4.69, 9.17) is 0 Å². The van der Waals surface area contributed by atoms with E-state index in [1.54, 1.807) is 6.07 Å². The molecule has 2 aromatic heterocycles. The minimum atomic E-state index is -0.641. The van der Waals surface area contributed by atoms with Crippen molar-refractivity contribution in [1.29, 1.82) is 0 Å². The third kappa shape index (κ3) is 4.05. The van der Waals surface area contributed by atoms with Crippen LogP contribution >= 0.6 is 0 Å². The second-order valence-electron chi connectivity index (χ2n) is 13.0. The van der Waals surface area contributed by atoms with E-state index >= 15 is 0 Å². The van der Waals surface area contributed by atoms with Crippen molar-refractivity contribution < 1.29 is 14.4 Å². The summed E-state index contributed by atoms with van der Waals surface area (Å²) >= 11 is 0. The molecule has 2 aliphatic heterocycles. The topological polar surface area (TPSA) is 136 Å². The molecule has 45 heavy (non-hydrogen) atoms. The number of nitrogens with zero attached hydrogens (tertiary/aromatic N) is 4. The highest BCUT2D eigenvalue weighted by Gasteiger charge is 2.41. The van der Waals surface area contributed by atoms with E-state index in [0.717, 1.165) is 72.8 Å². The molecule has 0 unspecified atom stereocenters. The number of rotatable bonds is 5. The lowest BCUT2D eigenvalue weighted by atomic mass is 9.94. The Labute approximate surface area is 256 Å². The van der Waals surface area contributed by atoms with Crippen molar-refractivity contribution in [2.75, 3.05) is 6.54 Å². The molecule has 0 bridgehead atoms. The Morgan fingerprint density at radius 2 is 1.02 bits per heavy atom. The van der Waals surface area contributed by atoms with Gasteiger partial charge in [-0.3, -0.25) is 47.6 Å². The maximum atomic E-state index is 13.4. The van der Waals surface area contributed by atoms with Crippen molar-refractivity contribution in [2.24, 2.45) is 0 Å². The number of amides is 3. The molecule has 2 aliphatic carbocycles. The zero-order valence-electron chi connectivity index (χ0n) is 24.8. The summed E-state index contributed by atoms with van der Waals surface area (Å²) in [5, 5.41) is 0.310. The maximum Gasteiger partial charge on any atom is 0.261 e. The Morgan fingerprint density at radius 3 is 1.60 bits per heavy atom. The van der Waals surface area contributed by atoms with Gasteiger partial charge in [0.05, 0.1) is 32.7 Å². The Morgan fingerprint density at radius 1 is 0.511 bits per heavy atom. The van der Waals surface area contributed by atoms with Gasteiger partial charge in [0.2, 0.25) is 0 Å². The molecular formula is C34H32N4O7. The molecule has 2 aromatic carbocycles. The summed E-state index contributed by atoms with van der Waals surface area (Å²) in [4.78, 5) is 96.0. The van der Waals surface area contributed by atoms with Crippen LogP contribution in [0.5, 0.6) is 0 Å². The summed E-state index contributed by atoms with van der Waals surface area (Å²) in [7, 11) is 0. The number of hydrogen-bond donors (Lipinski definition) is 0. The molecule has 3 amide bonds. The molecule has 0 atom stereocenters. The molecule has 4 aliphatic rings. The predicted octanol–water partition coefficient (Wildman–Crippen LogP) is 3.00. The third-order valence-electron chi connectivity index (χ3n) is 10.5. The van der Waals surface area contributed by atoms with Gasteiger partial charge in [0.15, 0.2) is 0 Å². The molecule has 0 spiro atoms. The molecule has 230 valence electrons. The highest BCUT2D eigenvalue weighted by Crippen LogP contribution is 2.35. The predicted molar refractivity (Wildman–Crippen MR) is 166 cm³/mol. The van der Waals surface area contributed by atoms with Gasteiger partial charge < -0.3 is 4.90 Å². The molecule has 0 radical (unpaired) electrons. The Bertz CT molecular complexity index is 2090. The van der Waals surface area contributed by atoms with Crippen molar-refractivity contribution in [1.82, 2.24) is 18.9 Å². The summed E-state index contributed by atoms with van der Waals surface area (Å²) in [6.45, 7) is -0.0552. The zero-order valence-corrected chi connectivity index (χ0v) is 24.8. The number of aromatic nitrogens is 2. The van der Waals surface area contributed by atoms with Gasteiger partial charge in [-0.05, 0) is 55.5 Å². The molecule has 2 saturated carbocycles. The van der Waals surface area contributed by atoms with E-state index in [2.05, 4.69) is 0 Å². The summed E-state index contributed by atoms with van der Waals surface area (Å²) in [6.07, 6.45) is 9.66. The van der Waals surface area contributed by atoms with E-state index < -0.39 is 34.1 Å². The van der Waals surface area contributed by atoms with Gasteiger partial charge >= 0.3 is 0 Å². The van der Waals surface area contributed by atoms with Gasteiger partial charge in [0, 0.05) is 37.3 Å². The van der Waals surface area contributed by atoms with Gasteiger partial charge in [0.1, 0.15) is 0 Å². The second kappa shape index (κ2) is 10.2. The van der Waals surface area contributed by atoms with Crippen LogP contribution in [-0.4, -0.2) is 49.2 Å². The van der Waals surface area contributed by atoms with E-state index in [0.29, 0.717) is 12.1 Å². The van der Waals surface area contributed by atoms with Crippen LogP contribution in [0.2, 0.25) is 0 Å². The van der Waals surface area contributed by atoms with Crippen molar-refractivity contribution in [3.05, 3.63) is 87.9 Å². The van der Waals surface area contributed by atoms with E-state index in [1.165, 1.54) is 29.2 Å². The maximum absolute atomic E-state index is 13.4. The van der Waals surface area contributed by atoms with E-state index in [9.17, 15) is 33.6 Å². The largest absolute Gasteiger partial charge is 0.331 e. The van der Waals surface area contributed by atoms with Gasteiger partial charge in [-0.25, -0.2) is 0 Å². The molecular weight excluding hydrogens is 576 g/mol. The van der Waals surface area contributed by atoms with Crippen LogP contribution in [0.3, 0.4) is 0 Å². The van der Waals surface area contributed by atoms with Gasteiger partial charge in [-0.15, -0.1) is 0 Å². The fourth-order valence-corrected chi connectivity index (χ4v) is 8.13. The Hall–Kier alpha value is -4.67. The van der Waals surface area contributed by atoms with Crippen LogP contribution < -0.4 is 22.2 Å². The highest BCUT2D eigenvalue weighted by atomic mass is 16.2. The lowest BCUT2D eigenvalue weighted by molar-refractivity contribution is 0.0646. The smallest absolute Gasteiger partial charge is 0.261 e. The van der Waals surface area contributed by atoms with Crippen LogP contribution in [-0.2, 0) is 13.1 Å². The standard InChI is InChI=1S/C34H32N4O7/c39-28-21-14-23-22(13-18(21)17-37(28)19-7-3-1-4-8-19)29(40)35(30(23)41)11-12-36-31(42)24-15-26-27(16-25(24)32(36)43)34(45)38(33(26)44)20-9-5-2-6-10-20/h13-16,19-20H,1-12,17H2. The molecule has 11 nitrogen and oxygen atoms in total. The number of benzene rings is 2. The molecule has 4 aromatic rings. The summed E-state index contributed by atoms with van der Waals surface area (Å²) in [6, 6.07) is 5.82. The monoisotopic (exact) mass is 608 g/mol. The van der Waals surface area contributed by atoms with Crippen molar-refractivity contribution >= 4 is 39.3 Å². The van der Waals surface area contributed by atoms with Crippen LogP contribution in [0.1, 0.15) is 107 Å². The molecule has 2 fully saturated rings. The van der Waals surface area contributed by atoms with Gasteiger partial charge in [-0.1, -0.05) is 38.5 Å². The first-order chi connectivity index (χ1) is 21.7. The van der Waals surface area contributed by atoms with Gasteiger partial charge in [-0.2, -0.15) is 0 Å². The van der Waals surface area contributed by atoms with Crippen LogP contribution in [0.4, 0.5) is 0 Å². The number of carbonyl (C=O) groups is 3. The fraction of sp³-hybridized carbons (Fsp3) is 0.441. The van der Waals surface area contributed by atoms with Crippen molar-refractivity contribution in [3.63, 3.8) is 0 Å². The summed E-state index contributed by atoms with van der Waals surface area (Å²) < 4.78 is 2.23. The average molecular weight is 609 g/mol. The molecule has 0 saturated heterocycles. The van der Waals surface area contributed by atoms with E-state index in [-0.39, 0.29) is 63.8 Å². The third-order valence-corrected chi connectivity index (χ3v) is 10.5.